The van der Waals surface area contributed by atoms with Crippen LogP contribution in [-0.2, 0) is 9.53 Å². The molecule has 0 bridgehead atoms. The first-order valence-corrected chi connectivity index (χ1v) is 6.53. The van der Waals surface area contributed by atoms with E-state index >= 15 is 0 Å². The fourth-order valence-corrected chi connectivity index (χ4v) is 1.55. The monoisotopic (exact) mass is 237 g/mol. The Morgan fingerprint density at radius 2 is 1.82 bits per heavy atom. The van der Waals surface area contributed by atoms with Crippen LogP contribution in [0.4, 0.5) is 0 Å². The second-order valence-corrected chi connectivity index (χ2v) is 4.01. The Balaban J connectivity index is 3.73. The van der Waals surface area contributed by atoms with E-state index in [0.717, 1.165) is 19.3 Å². The third kappa shape index (κ3) is 8.50. The smallest absolute Gasteiger partial charge is 0.348 e. The van der Waals surface area contributed by atoms with Gasteiger partial charge in [0.1, 0.15) is 11.6 Å². The third-order valence-electron chi connectivity index (χ3n) is 2.52. The summed E-state index contributed by atoms with van der Waals surface area (Å²) in [6.07, 6.45) is 9.74. The molecule has 0 aliphatic carbocycles. The van der Waals surface area contributed by atoms with E-state index in [-0.39, 0.29) is 5.57 Å². The van der Waals surface area contributed by atoms with Crippen molar-refractivity contribution < 1.29 is 9.53 Å². The molecule has 0 amide bonds. The van der Waals surface area contributed by atoms with Gasteiger partial charge in [0.2, 0.25) is 0 Å². The Labute approximate surface area is 104 Å². The highest BCUT2D eigenvalue weighted by Crippen LogP contribution is 2.08. The van der Waals surface area contributed by atoms with Gasteiger partial charge in [0, 0.05) is 0 Å². The number of nitriles is 1. The normalized spacial score (nSPS) is 11.0. The zero-order valence-electron chi connectivity index (χ0n) is 11.0. The standard InChI is InChI=1S/C14H23NO2/c1-3-5-6-7-8-9-10-11-13(12-15)14(16)17-4-2/h11H,3-10H2,1-2H3/b13-11+. The molecule has 0 atom stereocenters. The lowest BCUT2D eigenvalue weighted by atomic mass is 10.1. The summed E-state index contributed by atoms with van der Waals surface area (Å²) in [7, 11) is 0. The van der Waals surface area contributed by atoms with Gasteiger partial charge >= 0.3 is 5.97 Å². The first kappa shape index (κ1) is 15.7. The van der Waals surface area contributed by atoms with Gasteiger partial charge in [-0.15, -0.1) is 0 Å². The van der Waals surface area contributed by atoms with Gasteiger partial charge in [-0.3, -0.25) is 0 Å². The number of rotatable bonds is 9. The molecule has 0 aromatic heterocycles. The van der Waals surface area contributed by atoms with Crippen LogP contribution < -0.4 is 0 Å². The number of carbonyl (C=O) groups is 1. The minimum atomic E-state index is -0.499. The van der Waals surface area contributed by atoms with Crippen LogP contribution in [0.5, 0.6) is 0 Å². The summed E-state index contributed by atoms with van der Waals surface area (Å²) in [4.78, 5) is 11.3. The largest absolute Gasteiger partial charge is 0.462 e. The van der Waals surface area contributed by atoms with Crippen molar-refractivity contribution in [2.75, 3.05) is 6.61 Å². The molecule has 0 rings (SSSR count). The summed E-state index contributed by atoms with van der Waals surface area (Å²) in [6.45, 7) is 4.25. The van der Waals surface area contributed by atoms with Crippen molar-refractivity contribution in [1.29, 1.82) is 5.26 Å². The SMILES string of the molecule is CCCCCCCC/C=C(\C#N)C(=O)OCC. The van der Waals surface area contributed by atoms with Crippen molar-refractivity contribution in [3.05, 3.63) is 11.6 Å². The van der Waals surface area contributed by atoms with E-state index in [1.165, 1.54) is 25.7 Å². The van der Waals surface area contributed by atoms with Gasteiger partial charge in [-0.2, -0.15) is 5.26 Å². The van der Waals surface area contributed by atoms with Crippen molar-refractivity contribution >= 4 is 5.97 Å². The maximum atomic E-state index is 11.3. The summed E-state index contributed by atoms with van der Waals surface area (Å²) < 4.78 is 4.78. The molecule has 0 aliphatic rings. The van der Waals surface area contributed by atoms with E-state index in [1.54, 1.807) is 13.0 Å². The lowest BCUT2D eigenvalue weighted by Gasteiger charge is -2.00. The maximum Gasteiger partial charge on any atom is 0.348 e. The quantitative estimate of drug-likeness (QED) is 0.265. The van der Waals surface area contributed by atoms with Crippen molar-refractivity contribution in [1.82, 2.24) is 0 Å². The van der Waals surface area contributed by atoms with Crippen molar-refractivity contribution in [3.8, 4) is 6.07 Å². The highest BCUT2D eigenvalue weighted by molar-refractivity contribution is 5.92. The highest BCUT2D eigenvalue weighted by atomic mass is 16.5. The van der Waals surface area contributed by atoms with Gasteiger partial charge in [0.15, 0.2) is 0 Å². The van der Waals surface area contributed by atoms with E-state index in [9.17, 15) is 4.79 Å². The second kappa shape index (κ2) is 11.2. The molecular formula is C14H23NO2. The summed E-state index contributed by atoms with van der Waals surface area (Å²) in [5.41, 5.74) is 0.139. The Morgan fingerprint density at radius 1 is 1.18 bits per heavy atom. The minimum Gasteiger partial charge on any atom is -0.462 e. The Morgan fingerprint density at radius 3 is 2.41 bits per heavy atom. The van der Waals surface area contributed by atoms with Crippen LogP contribution in [0.2, 0.25) is 0 Å². The van der Waals surface area contributed by atoms with Crippen LogP contribution >= 0.6 is 0 Å². The summed E-state index contributed by atoms with van der Waals surface area (Å²) >= 11 is 0. The van der Waals surface area contributed by atoms with E-state index < -0.39 is 5.97 Å². The lowest BCUT2D eigenvalue weighted by Crippen LogP contribution is -2.06. The molecule has 0 saturated heterocycles. The van der Waals surface area contributed by atoms with Gasteiger partial charge in [0.25, 0.3) is 0 Å². The van der Waals surface area contributed by atoms with Crippen LogP contribution in [0.3, 0.4) is 0 Å². The van der Waals surface area contributed by atoms with E-state index in [2.05, 4.69) is 6.92 Å². The van der Waals surface area contributed by atoms with Crippen LogP contribution in [0, 0.1) is 11.3 Å². The molecule has 0 spiro atoms. The first-order valence-electron chi connectivity index (χ1n) is 6.53. The molecule has 0 aromatic rings. The average Bonchev–Trinajstić information content (AvgIpc) is 2.33. The van der Waals surface area contributed by atoms with Gasteiger partial charge in [0.05, 0.1) is 6.61 Å². The lowest BCUT2D eigenvalue weighted by molar-refractivity contribution is -0.138. The molecule has 0 radical (unpaired) electrons. The highest BCUT2D eigenvalue weighted by Gasteiger charge is 2.08. The molecule has 96 valence electrons. The Hall–Kier alpha value is -1.30. The number of carbonyl (C=O) groups excluding carboxylic acids is 1. The molecule has 17 heavy (non-hydrogen) atoms. The zero-order valence-corrected chi connectivity index (χ0v) is 11.0. The third-order valence-corrected chi connectivity index (χ3v) is 2.52. The zero-order chi connectivity index (χ0) is 12.9. The topological polar surface area (TPSA) is 50.1 Å². The van der Waals surface area contributed by atoms with E-state index in [0.29, 0.717) is 6.61 Å². The number of allylic oxidation sites excluding steroid dienone is 1. The first-order chi connectivity index (χ1) is 8.26. The number of hydrogen-bond acceptors (Lipinski definition) is 3. The second-order valence-electron chi connectivity index (χ2n) is 4.01. The van der Waals surface area contributed by atoms with Crippen LogP contribution in [-0.4, -0.2) is 12.6 Å². The molecule has 3 nitrogen and oxygen atoms in total. The maximum absolute atomic E-state index is 11.3. The van der Waals surface area contributed by atoms with Gasteiger partial charge in [-0.1, -0.05) is 45.1 Å². The Kier molecular flexibility index (Phi) is 10.3. The summed E-state index contributed by atoms with van der Waals surface area (Å²) in [6, 6.07) is 1.88. The van der Waals surface area contributed by atoms with Gasteiger partial charge in [-0.05, 0) is 19.8 Å². The minimum absolute atomic E-state index is 0.139. The van der Waals surface area contributed by atoms with Gasteiger partial charge < -0.3 is 4.74 Å². The predicted molar refractivity (Wildman–Crippen MR) is 68.3 cm³/mol. The van der Waals surface area contributed by atoms with Crippen molar-refractivity contribution in [2.24, 2.45) is 0 Å². The van der Waals surface area contributed by atoms with E-state index in [1.807, 2.05) is 6.07 Å². The molecule has 0 saturated carbocycles. The molecule has 0 aromatic carbocycles. The molecule has 3 heteroatoms. The number of unbranched alkanes of at least 4 members (excludes halogenated alkanes) is 6. The van der Waals surface area contributed by atoms with Gasteiger partial charge in [-0.25, -0.2) is 4.79 Å². The fraction of sp³-hybridized carbons (Fsp3) is 0.714. The average molecular weight is 237 g/mol. The summed E-state index contributed by atoms with van der Waals surface area (Å²) in [5, 5.41) is 8.78. The van der Waals surface area contributed by atoms with Crippen LogP contribution in [0.25, 0.3) is 0 Å². The molecule has 0 fully saturated rings. The van der Waals surface area contributed by atoms with Crippen molar-refractivity contribution in [2.45, 2.75) is 58.8 Å². The van der Waals surface area contributed by atoms with Crippen LogP contribution in [0.1, 0.15) is 58.8 Å². The van der Waals surface area contributed by atoms with E-state index in [4.69, 9.17) is 10.00 Å². The predicted octanol–water partition coefficient (Wildman–Crippen LogP) is 3.75. The molecule has 0 heterocycles. The number of nitrogens with zero attached hydrogens (tertiary/aromatic N) is 1. The molecule has 0 unspecified atom stereocenters. The molecular weight excluding hydrogens is 214 g/mol. The number of esters is 1. The van der Waals surface area contributed by atoms with Crippen molar-refractivity contribution in [3.63, 3.8) is 0 Å². The molecule has 0 aliphatic heterocycles. The number of hydrogen-bond donors (Lipinski definition) is 0. The fourth-order valence-electron chi connectivity index (χ4n) is 1.55. The number of ether oxygens (including phenoxy) is 1. The van der Waals surface area contributed by atoms with Crippen LogP contribution in [0.15, 0.2) is 11.6 Å². The summed E-state index contributed by atoms with van der Waals surface area (Å²) in [5.74, 6) is -0.499. The molecule has 0 N–H and O–H groups in total. The Bertz CT molecular complexity index is 276.